The van der Waals surface area contributed by atoms with Crippen molar-refractivity contribution in [2.24, 2.45) is 11.8 Å². The van der Waals surface area contributed by atoms with Gasteiger partial charge in [-0.2, -0.15) is 0 Å². The number of hydrogen-bond acceptors (Lipinski definition) is 0. The number of alkyl halides is 2. The second kappa shape index (κ2) is 1.88. The minimum atomic E-state index is -0.00405. The molecule has 52 valence electrons. The van der Waals surface area contributed by atoms with Crippen LogP contribution in [0, 0.1) is 11.8 Å². The van der Waals surface area contributed by atoms with Gasteiger partial charge in [0.15, 0.2) is 0 Å². The Balaban J connectivity index is 2.18. The van der Waals surface area contributed by atoms with E-state index in [2.05, 4.69) is 15.9 Å². The molecular weight excluding hydrogens is 199 g/mol. The fourth-order valence-electron chi connectivity index (χ4n) is 2.20. The van der Waals surface area contributed by atoms with Crippen LogP contribution in [0.1, 0.15) is 25.7 Å². The van der Waals surface area contributed by atoms with Crippen molar-refractivity contribution in [3.8, 4) is 0 Å². The Morgan fingerprint density at radius 1 is 1.44 bits per heavy atom. The molecule has 0 amide bonds. The third-order valence-electron chi connectivity index (χ3n) is 2.70. The summed E-state index contributed by atoms with van der Waals surface area (Å²) in [4.78, 5) is 0. The predicted octanol–water partition coefficient (Wildman–Crippen LogP) is 3.14. The number of rotatable bonds is 0. The zero-order chi connectivity index (χ0) is 6.48. The van der Waals surface area contributed by atoms with E-state index in [0.717, 1.165) is 11.8 Å². The lowest BCUT2D eigenvalue weighted by molar-refractivity contribution is 0.467. The van der Waals surface area contributed by atoms with Crippen molar-refractivity contribution in [2.45, 2.75) is 29.5 Å². The van der Waals surface area contributed by atoms with E-state index in [1.54, 1.807) is 0 Å². The quantitative estimate of drug-likeness (QED) is 0.538. The van der Waals surface area contributed by atoms with E-state index in [1.807, 2.05) is 0 Å². The molecule has 3 atom stereocenters. The molecular formula is C7H10BrCl. The lowest BCUT2D eigenvalue weighted by atomic mass is 10.0. The minimum Gasteiger partial charge on any atom is -0.106 e. The summed E-state index contributed by atoms with van der Waals surface area (Å²) < 4.78 is -0.00405. The monoisotopic (exact) mass is 208 g/mol. The van der Waals surface area contributed by atoms with Crippen LogP contribution in [0.5, 0.6) is 0 Å². The third kappa shape index (κ3) is 0.932. The van der Waals surface area contributed by atoms with Crippen LogP contribution in [0.4, 0.5) is 0 Å². The molecule has 2 aliphatic rings. The summed E-state index contributed by atoms with van der Waals surface area (Å²) in [5.74, 6) is 1.70. The molecule has 2 saturated carbocycles. The first-order valence-corrected chi connectivity index (χ1v) is 4.73. The van der Waals surface area contributed by atoms with E-state index in [-0.39, 0.29) is 3.78 Å². The van der Waals surface area contributed by atoms with Crippen molar-refractivity contribution in [1.82, 2.24) is 0 Å². The molecule has 0 heterocycles. The van der Waals surface area contributed by atoms with E-state index in [1.165, 1.54) is 25.7 Å². The molecule has 2 rings (SSSR count). The fraction of sp³-hybridized carbons (Fsp3) is 1.00. The Hall–Kier alpha value is 0.770. The molecule has 0 radical (unpaired) electrons. The minimum absolute atomic E-state index is 0.00405. The molecule has 0 saturated heterocycles. The van der Waals surface area contributed by atoms with E-state index >= 15 is 0 Å². The van der Waals surface area contributed by atoms with Crippen molar-refractivity contribution in [3.63, 3.8) is 0 Å². The van der Waals surface area contributed by atoms with Gasteiger partial charge in [0.2, 0.25) is 0 Å². The van der Waals surface area contributed by atoms with E-state index < -0.39 is 0 Å². The van der Waals surface area contributed by atoms with Gasteiger partial charge in [-0.05, 0) is 37.5 Å². The van der Waals surface area contributed by atoms with Gasteiger partial charge in [-0.1, -0.05) is 15.9 Å². The van der Waals surface area contributed by atoms with Gasteiger partial charge in [-0.15, -0.1) is 11.6 Å². The summed E-state index contributed by atoms with van der Waals surface area (Å²) in [6.07, 6.45) is 5.33. The SMILES string of the molecule is ClC1(Br)CC2CCC1C2. The highest BCUT2D eigenvalue weighted by molar-refractivity contribution is 9.10. The molecule has 2 aliphatic carbocycles. The summed E-state index contributed by atoms with van der Waals surface area (Å²) in [6.45, 7) is 0. The Morgan fingerprint density at radius 3 is 2.44 bits per heavy atom. The summed E-state index contributed by atoms with van der Waals surface area (Å²) in [5.41, 5.74) is 0. The highest BCUT2D eigenvalue weighted by Crippen LogP contribution is 2.57. The summed E-state index contributed by atoms with van der Waals surface area (Å²) in [6, 6.07) is 0. The van der Waals surface area contributed by atoms with Gasteiger partial charge >= 0.3 is 0 Å². The molecule has 2 bridgehead atoms. The van der Waals surface area contributed by atoms with Gasteiger partial charge in [0.1, 0.15) is 3.78 Å². The highest BCUT2D eigenvalue weighted by Gasteiger charge is 2.48. The van der Waals surface area contributed by atoms with E-state index in [4.69, 9.17) is 11.6 Å². The molecule has 0 N–H and O–H groups in total. The van der Waals surface area contributed by atoms with Crippen LogP contribution in [0.25, 0.3) is 0 Å². The van der Waals surface area contributed by atoms with E-state index in [0.29, 0.717) is 0 Å². The van der Waals surface area contributed by atoms with Crippen LogP contribution in [-0.2, 0) is 0 Å². The molecule has 0 nitrogen and oxygen atoms in total. The Morgan fingerprint density at radius 2 is 2.22 bits per heavy atom. The van der Waals surface area contributed by atoms with Crippen LogP contribution < -0.4 is 0 Å². The fourth-order valence-corrected chi connectivity index (χ4v) is 3.49. The third-order valence-corrected chi connectivity index (χ3v) is 4.13. The number of halogens is 2. The molecule has 0 aromatic rings. The summed E-state index contributed by atoms with van der Waals surface area (Å²) >= 11 is 9.75. The zero-order valence-electron chi connectivity index (χ0n) is 5.24. The first-order chi connectivity index (χ1) is 4.18. The van der Waals surface area contributed by atoms with Gasteiger partial charge in [-0.25, -0.2) is 0 Å². The zero-order valence-corrected chi connectivity index (χ0v) is 7.58. The highest BCUT2D eigenvalue weighted by atomic mass is 79.9. The van der Waals surface area contributed by atoms with Gasteiger partial charge in [0.25, 0.3) is 0 Å². The number of fused-ring (bicyclic) bond motifs is 2. The van der Waals surface area contributed by atoms with E-state index in [9.17, 15) is 0 Å². The Kier molecular flexibility index (Phi) is 1.36. The first kappa shape index (κ1) is 6.48. The average molecular weight is 210 g/mol. The van der Waals surface area contributed by atoms with Gasteiger partial charge in [0, 0.05) is 0 Å². The standard InChI is InChI=1S/C7H10BrCl/c8-7(9)4-5-1-2-6(7)3-5/h5-6H,1-4H2. The second-order valence-corrected chi connectivity index (χ2v) is 5.89. The smallest absolute Gasteiger partial charge is 0.102 e. The van der Waals surface area contributed by atoms with Gasteiger partial charge in [0.05, 0.1) is 0 Å². The first-order valence-electron chi connectivity index (χ1n) is 3.56. The molecule has 9 heavy (non-hydrogen) atoms. The lowest BCUT2D eigenvalue weighted by Gasteiger charge is -2.24. The molecule has 0 aromatic heterocycles. The maximum Gasteiger partial charge on any atom is 0.102 e. The maximum atomic E-state index is 6.18. The van der Waals surface area contributed by atoms with Crippen molar-refractivity contribution < 1.29 is 0 Å². The molecule has 2 fully saturated rings. The van der Waals surface area contributed by atoms with Gasteiger partial charge in [-0.3, -0.25) is 0 Å². The van der Waals surface area contributed by atoms with Crippen molar-refractivity contribution in [2.75, 3.05) is 0 Å². The topological polar surface area (TPSA) is 0 Å². The van der Waals surface area contributed by atoms with Crippen LogP contribution in [-0.4, -0.2) is 3.78 Å². The molecule has 0 aliphatic heterocycles. The largest absolute Gasteiger partial charge is 0.106 e. The summed E-state index contributed by atoms with van der Waals surface area (Å²) in [5, 5.41) is 0. The Labute approximate surface area is 69.1 Å². The number of hydrogen-bond donors (Lipinski definition) is 0. The van der Waals surface area contributed by atoms with Crippen LogP contribution >= 0.6 is 27.5 Å². The normalized spacial score (nSPS) is 56.7. The summed E-state index contributed by atoms with van der Waals surface area (Å²) in [7, 11) is 0. The Bertz CT molecular complexity index is 133. The maximum absolute atomic E-state index is 6.18. The van der Waals surface area contributed by atoms with Crippen LogP contribution in [0.15, 0.2) is 0 Å². The van der Waals surface area contributed by atoms with Crippen molar-refractivity contribution in [1.29, 1.82) is 0 Å². The molecule has 2 heteroatoms. The lowest BCUT2D eigenvalue weighted by Crippen LogP contribution is -2.20. The molecule has 0 spiro atoms. The van der Waals surface area contributed by atoms with Crippen LogP contribution in [0.3, 0.4) is 0 Å². The molecule has 0 aromatic carbocycles. The van der Waals surface area contributed by atoms with Gasteiger partial charge < -0.3 is 0 Å². The average Bonchev–Trinajstić information content (AvgIpc) is 2.19. The molecule has 3 unspecified atom stereocenters. The van der Waals surface area contributed by atoms with Crippen molar-refractivity contribution in [3.05, 3.63) is 0 Å². The second-order valence-electron chi connectivity index (χ2n) is 3.34. The van der Waals surface area contributed by atoms with Crippen LogP contribution in [0.2, 0.25) is 0 Å². The van der Waals surface area contributed by atoms with Crippen molar-refractivity contribution >= 4 is 27.5 Å². The predicted molar refractivity (Wildman–Crippen MR) is 43.0 cm³/mol.